The number of fused-ring (bicyclic) bond motifs is 1. The summed E-state index contributed by atoms with van der Waals surface area (Å²) in [5.41, 5.74) is 4.04. The van der Waals surface area contributed by atoms with Crippen LogP contribution in [-0.4, -0.2) is 48.8 Å². The Bertz CT molecular complexity index is 897. The minimum atomic E-state index is -0.0172. The van der Waals surface area contributed by atoms with Gasteiger partial charge < -0.3 is 10.2 Å². The quantitative estimate of drug-likeness (QED) is 0.861. The van der Waals surface area contributed by atoms with Crippen molar-refractivity contribution >= 4 is 34.7 Å². The molecule has 28 heavy (non-hydrogen) atoms. The monoisotopic (exact) mass is 397 g/mol. The summed E-state index contributed by atoms with van der Waals surface area (Å²) in [6, 6.07) is 14.0. The highest BCUT2D eigenvalue weighted by Crippen LogP contribution is 2.24. The smallest absolute Gasteiger partial charge is 0.238 e. The highest BCUT2D eigenvalue weighted by molar-refractivity contribution is 6.30. The van der Waals surface area contributed by atoms with Crippen molar-refractivity contribution in [2.24, 2.45) is 0 Å². The van der Waals surface area contributed by atoms with Crippen molar-refractivity contribution in [3.05, 3.63) is 58.6 Å². The number of nitrogens with one attached hydrogen (secondary N) is 1. The normalized spacial score (nSPS) is 19.6. The molecule has 0 aromatic heterocycles. The van der Waals surface area contributed by atoms with Crippen molar-refractivity contribution in [1.82, 2.24) is 4.90 Å². The Morgan fingerprint density at radius 3 is 2.61 bits per heavy atom. The molecule has 1 N–H and O–H groups in total. The third-order valence-electron chi connectivity index (χ3n) is 5.50. The lowest BCUT2D eigenvalue weighted by Gasteiger charge is -2.41. The fourth-order valence-corrected chi connectivity index (χ4v) is 4.25. The SMILES string of the molecule is C[C@@H]1CN(CC(=O)Nc2ccc3c(c2)CC(=O)C3)CCN1c1ccc(Cl)cc1. The lowest BCUT2D eigenvalue weighted by Crippen LogP contribution is -2.53. The highest BCUT2D eigenvalue weighted by atomic mass is 35.5. The van der Waals surface area contributed by atoms with Crippen LogP contribution >= 0.6 is 11.6 Å². The van der Waals surface area contributed by atoms with Gasteiger partial charge in [0.2, 0.25) is 5.91 Å². The molecule has 2 aliphatic rings. The number of hydrogen-bond acceptors (Lipinski definition) is 4. The molecular weight excluding hydrogens is 374 g/mol. The number of carbonyl (C=O) groups is 2. The number of benzene rings is 2. The predicted octanol–water partition coefficient (Wildman–Crippen LogP) is 3.16. The van der Waals surface area contributed by atoms with E-state index in [4.69, 9.17) is 11.6 Å². The van der Waals surface area contributed by atoms with Crippen LogP contribution in [0, 0.1) is 0 Å². The molecule has 0 radical (unpaired) electrons. The Hall–Kier alpha value is -2.37. The third kappa shape index (κ3) is 4.21. The van der Waals surface area contributed by atoms with Crippen LogP contribution in [0.3, 0.4) is 0 Å². The second-order valence-corrected chi connectivity index (χ2v) is 8.11. The van der Waals surface area contributed by atoms with Crippen LogP contribution in [0.1, 0.15) is 18.1 Å². The van der Waals surface area contributed by atoms with E-state index < -0.39 is 0 Å². The van der Waals surface area contributed by atoms with Crippen LogP contribution in [0.4, 0.5) is 11.4 Å². The Balaban J connectivity index is 1.32. The zero-order valence-corrected chi connectivity index (χ0v) is 16.7. The molecule has 146 valence electrons. The maximum Gasteiger partial charge on any atom is 0.238 e. The third-order valence-corrected chi connectivity index (χ3v) is 5.75. The van der Waals surface area contributed by atoms with Gasteiger partial charge in [-0.1, -0.05) is 17.7 Å². The van der Waals surface area contributed by atoms with Gasteiger partial charge in [-0.2, -0.15) is 0 Å². The molecule has 0 bridgehead atoms. The Morgan fingerprint density at radius 2 is 1.86 bits per heavy atom. The molecule has 1 saturated heterocycles. The summed E-state index contributed by atoms with van der Waals surface area (Å²) in [6.07, 6.45) is 0.989. The zero-order valence-electron chi connectivity index (χ0n) is 16.0. The predicted molar refractivity (Wildman–Crippen MR) is 112 cm³/mol. The molecule has 1 atom stereocenters. The van der Waals surface area contributed by atoms with Crippen LogP contribution in [0.25, 0.3) is 0 Å². The Kier molecular flexibility index (Phi) is 5.38. The second-order valence-electron chi connectivity index (χ2n) is 7.68. The first kappa shape index (κ1) is 19.0. The molecule has 1 heterocycles. The van der Waals surface area contributed by atoms with Gasteiger partial charge in [-0.25, -0.2) is 0 Å². The van der Waals surface area contributed by atoms with Gasteiger partial charge in [0.25, 0.3) is 0 Å². The van der Waals surface area contributed by atoms with Gasteiger partial charge in [0.1, 0.15) is 5.78 Å². The summed E-state index contributed by atoms with van der Waals surface area (Å²) in [5, 5.41) is 3.72. The molecule has 0 spiro atoms. The van der Waals surface area contributed by atoms with Gasteiger partial charge in [-0.15, -0.1) is 0 Å². The summed E-state index contributed by atoms with van der Waals surface area (Å²) in [6.45, 7) is 5.08. The number of hydrogen-bond donors (Lipinski definition) is 1. The fourth-order valence-electron chi connectivity index (χ4n) is 4.12. The molecule has 1 aliphatic carbocycles. The summed E-state index contributed by atoms with van der Waals surface area (Å²) in [4.78, 5) is 28.6. The van der Waals surface area contributed by atoms with Crippen molar-refractivity contribution in [2.45, 2.75) is 25.8 Å². The van der Waals surface area contributed by atoms with E-state index in [1.807, 2.05) is 42.5 Å². The number of ketones is 1. The number of halogens is 1. The molecule has 2 aromatic rings. The number of carbonyl (C=O) groups excluding carboxylic acids is 2. The molecule has 1 fully saturated rings. The van der Waals surface area contributed by atoms with Crippen LogP contribution in [0.2, 0.25) is 5.02 Å². The van der Waals surface area contributed by atoms with Crippen LogP contribution in [0.5, 0.6) is 0 Å². The van der Waals surface area contributed by atoms with Gasteiger partial charge in [0.15, 0.2) is 0 Å². The number of amides is 1. The van der Waals surface area contributed by atoms with E-state index in [0.717, 1.165) is 47.2 Å². The second kappa shape index (κ2) is 7.94. The number of rotatable bonds is 4. The van der Waals surface area contributed by atoms with Gasteiger partial charge in [0.05, 0.1) is 6.54 Å². The molecule has 0 unspecified atom stereocenters. The topological polar surface area (TPSA) is 52.7 Å². The van der Waals surface area contributed by atoms with Gasteiger partial charge in [-0.05, 0) is 54.4 Å². The van der Waals surface area contributed by atoms with E-state index in [9.17, 15) is 9.59 Å². The van der Waals surface area contributed by atoms with Crippen LogP contribution in [-0.2, 0) is 22.4 Å². The molecule has 2 aromatic carbocycles. The van der Waals surface area contributed by atoms with Crippen molar-refractivity contribution in [3.63, 3.8) is 0 Å². The molecule has 0 saturated carbocycles. The first-order chi connectivity index (χ1) is 13.5. The lowest BCUT2D eigenvalue weighted by atomic mass is 10.1. The summed E-state index contributed by atoms with van der Waals surface area (Å²) in [7, 11) is 0. The summed E-state index contributed by atoms with van der Waals surface area (Å²) < 4.78 is 0. The number of Topliss-reactive ketones (excluding diaryl/α,β-unsaturated/α-hetero) is 1. The molecule has 4 rings (SSSR count). The Labute approximate surface area is 170 Å². The van der Waals surface area contributed by atoms with Crippen molar-refractivity contribution in [3.8, 4) is 0 Å². The largest absolute Gasteiger partial charge is 0.366 e. The maximum atomic E-state index is 12.5. The van der Waals surface area contributed by atoms with Gasteiger partial charge in [-0.3, -0.25) is 14.5 Å². The van der Waals surface area contributed by atoms with Crippen molar-refractivity contribution in [2.75, 3.05) is 36.4 Å². The van der Waals surface area contributed by atoms with E-state index in [2.05, 4.69) is 22.0 Å². The lowest BCUT2D eigenvalue weighted by molar-refractivity contribution is -0.118. The molecule has 1 aliphatic heterocycles. The first-order valence-electron chi connectivity index (χ1n) is 9.66. The summed E-state index contributed by atoms with van der Waals surface area (Å²) in [5.74, 6) is 0.224. The first-order valence-corrected chi connectivity index (χ1v) is 10.0. The molecule has 5 nitrogen and oxygen atoms in total. The fraction of sp³-hybridized carbons (Fsp3) is 0.364. The van der Waals surface area contributed by atoms with E-state index in [1.54, 1.807) is 0 Å². The number of piperazine rings is 1. The van der Waals surface area contributed by atoms with Gasteiger partial charge in [0, 0.05) is 54.9 Å². The Morgan fingerprint density at radius 1 is 1.11 bits per heavy atom. The van der Waals surface area contributed by atoms with E-state index in [0.29, 0.717) is 25.4 Å². The molecule has 1 amide bonds. The van der Waals surface area contributed by atoms with E-state index in [1.165, 1.54) is 0 Å². The minimum Gasteiger partial charge on any atom is -0.366 e. The maximum absolute atomic E-state index is 12.5. The standard InChI is InChI=1S/C22H24ClN3O2/c1-15-13-25(8-9-26(15)20-6-3-18(23)4-7-20)14-22(28)24-19-5-2-16-11-21(27)12-17(16)10-19/h2-7,10,15H,8-9,11-14H2,1H3,(H,24,28)/t15-/m1/s1. The van der Waals surface area contributed by atoms with E-state index >= 15 is 0 Å². The number of anilines is 2. The molecular formula is C22H24ClN3O2. The highest BCUT2D eigenvalue weighted by Gasteiger charge is 2.25. The average Bonchev–Trinajstić information content (AvgIpc) is 3.02. The zero-order chi connectivity index (χ0) is 19.7. The number of nitrogens with zero attached hydrogens (tertiary/aromatic N) is 2. The average molecular weight is 398 g/mol. The minimum absolute atomic E-state index is 0.0172. The summed E-state index contributed by atoms with van der Waals surface area (Å²) >= 11 is 5.98. The van der Waals surface area contributed by atoms with Gasteiger partial charge >= 0.3 is 0 Å². The molecule has 6 heteroatoms. The van der Waals surface area contributed by atoms with Crippen molar-refractivity contribution in [1.29, 1.82) is 0 Å². The van der Waals surface area contributed by atoms with Crippen LogP contribution in [0.15, 0.2) is 42.5 Å². The van der Waals surface area contributed by atoms with E-state index in [-0.39, 0.29) is 11.7 Å². The van der Waals surface area contributed by atoms with Crippen LogP contribution < -0.4 is 10.2 Å². The van der Waals surface area contributed by atoms with Crippen molar-refractivity contribution < 1.29 is 9.59 Å².